The summed E-state index contributed by atoms with van der Waals surface area (Å²) in [7, 11) is -3.47. The number of hydrogen-bond donors (Lipinski definition) is 0. The molecule has 10 heteroatoms. The highest BCUT2D eigenvalue weighted by Crippen LogP contribution is 2.40. The van der Waals surface area contributed by atoms with Crippen LogP contribution in [0.5, 0.6) is 0 Å². The topological polar surface area (TPSA) is 66.4 Å². The van der Waals surface area contributed by atoms with Crippen molar-refractivity contribution in [2.45, 2.75) is 17.6 Å². The minimum absolute atomic E-state index is 0.0763. The number of nitrogens with zero attached hydrogens (tertiary/aromatic N) is 4. The number of hydrogen-bond acceptors (Lipinski definition) is 6. The van der Waals surface area contributed by atoms with Crippen LogP contribution in [0.15, 0.2) is 89.8 Å². The molecular formula is C29H27F3N4O2S. The zero-order valence-corrected chi connectivity index (χ0v) is 22.1. The SMILES string of the molecule is CS(=O)(=O)c1ccc(-c2nc(C(F)(F)F)nc(N3CCN(Cc4ccccc4)CC3)c2-c2ccccc2)cc1. The highest BCUT2D eigenvalue weighted by molar-refractivity contribution is 7.90. The summed E-state index contributed by atoms with van der Waals surface area (Å²) < 4.78 is 66.1. The standard InChI is InChI=1S/C29H27F3N4O2S/c1-39(37,38)24-14-12-23(13-15-24)26-25(22-10-6-3-7-11-22)27(34-28(33-26)29(30,31)32)36-18-16-35(17-19-36)20-21-8-4-2-5-9-21/h2-15H,16-20H2,1H3. The first-order valence-corrected chi connectivity index (χ1v) is 14.3. The Labute approximate surface area is 225 Å². The first kappa shape index (κ1) is 26.8. The smallest absolute Gasteiger partial charge is 0.353 e. The number of alkyl halides is 3. The van der Waals surface area contributed by atoms with Gasteiger partial charge in [-0.3, -0.25) is 4.90 Å². The fraction of sp³-hybridized carbons (Fsp3) is 0.241. The number of anilines is 1. The quantitative estimate of drug-likeness (QED) is 0.312. The van der Waals surface area contributed by atoms with Crippen LogP contribution in [0.3, 0.4) is 0 Å². The summed E-state index contributed by atoms with van der Waals surface area (Å²) in [6.45, 7) is 3.07. The summed E-state index contributed by atoms with van der Waals surface area (Å²) in [5, 5.41) is 0. The average Bonchev–Trinajstić information content (AvgIpc) is 2.93. The zero-order chi connectivity index (χ0) is 27.6. The van der Waals surface area contributed by atoms with Gasteiger partial charge in [0, 0.05) is 44.5 Å². The van der Waals surface area contributed by atoms with Crippen molar-refractivity contribution >= 4 is 15.7 Å². The maximum absolute atomic E-state index is 14.1. The van der Waals surface area contributed by atoms with E-state index < -0.39 is 21.8 Å². The molecule has 6 nitrogen and oxygen atoms in total. The van der Waals surface area contributed by atoms with Crippen molar-refractivity contribution in [1.29, 1.82) is 0 Å². The van der Waals surface area contributed by atoms with E-state index in [9.17, 15) is 21.6 Å². The fourth-order valence-electron chi connectivity index (χ4n) is 4.70. The molecule has 1 aromatic heterocycles. The molecule has 5 rings (SSSR count). The van der Waals surface area contributed by atoms with Crippen LogP contribution in [0.4, 0.5) is 19.0 Å². The molecule has 0 amide bonds. The fourth-order valence-corrected chi connectivity index (χ4v) is 5.33. The van der Waals surface area contributed by atoms with Gasteiger partial charge in [-0.2, -0.15) is 13.2 Å². The predicted molar refractivity (Wildman–Crippen MR) is 145 cm³/mol. The lowest BCUT2D eigenvalue weighted by Crippen LogP contribution is -2.46. The minimum atomic E-state index is -4.76. The molecule has 0 unspecified atom stereocenters. The van der Waals surface area contributed by atoms with Crippen molar-refractivity contribution in [1.82, 2.24) is 14.9 Å². The molecule has 1 fully saturated rings. The zero-order valence-electron chi connectivity index (χ0n) is 21.3. The van der Waals surface area contributed by atoms with Gasteiger partial charge < -0.3 is 4.90 Å². The Balaban J connectivity index is 1.58. The van der Waals surface area contributed by atoms with E-state index in [2.05, 4.69) is 27.0 Å². The molecule has 0 spiro atoms. The molecule has 0 aliphatic carbocycles. The van der Waals surface area contributed by atoms with E-state index in [0.29, 0.717) is 42.9 Å². The lowest BCUT2D eigenvalue weighted by Gasteiger charge is -2.36. The van der Waals surface area contributed by atoms with Crippen LogP contribution in [-0.2, 0) is 22.6 Å². The minimum Gasteiger partial charge on any atom is -0.353 e. The summed E-state index contributed by atoms with van der Waals surface area (Å²) in [5.74, 6) is -1.02. The molecule has 0 atom stereocenters. The summed E-state index contributed by atoms with van der Waals surface area (Å²) >= 11 is 0. The van der Waals surface area contributed by atoms with Crippen LogP contribution in [0, 0.1) is 0 Å². The van der Waals surface area contributed by atoms with Crippen LogP contribution in [0.2, 0.25) is 0 Å². The largest absolute Gasteiger partial charge is 0.451 e. The van der Waals surface area contributed by atoms with Gasteiger partial charge in [-0.25, -0.2) is 18.4 Å². The average molecular weight is 553 g/mol. The first-order valence-electron chi connectivity index (χ1n) is 12.5. The number of halogens is 3. The Morgan fingerprint density at radius 2 is 1.36 bits per heavy atom. The maximum atomic E-state index is 14.1. The van der Waals surface area contributed by atoms with E-state index >= 15 is 0 Å². The predicted octanol–water partition coefficient (Wildman–Crippen LogP) is 5.56. The third kappa shape index (κ3) is 6.12. The number of aromatic nitrogens is 2. The molecule has 1 saturated heterocycles. The van der Waals surface area contributed by atoms with Gasteiger partial charge in [0.05, 0.1) is 16.2 Å². The van der Waals surface area contributed by atoms with Gasteiger partial charge in [0.25, 0.3) is 0 Å². The lowest BCUT2D eigenvalue weighted by molar-refractivity contribution is -0.144. The Hall–Kier alpha value is -3.76. The van der Waals surface area contributed by atoms with Crippen molar-refractivity contribution in [3.8, 4) is 22.4 Å². The third-order valence-corrected chi connectivity index (χ3v) is 7.81. The Bertz CT molecular complexity index is 1540. The lowest BCUT2D eigenvalue weighted by atomic mass is 9.98. The highest BCUT2D eigenvalue weighted by atomic mass is 32.2. The molecule has 0 saturated carbocycles. The normalized spacial score (nSPS) is 14.9. The molecule has 1 aliphatic heterocycles. The second-order valence-corrected chi connectivity index (χ2v) is 11.5. The highest BCUT2D eigenvalue weighted by Gasteiger charge is 2.38. The number of sulfone groups is 1. The third-order valence-electron chi connectivity index (χ3n) is 6.68. The van der Waals surface area contributed by atoms with E-state index in [4.69, 9.17) is 0 Å². The molecule has 0 radical (unpaired) electrons. The van der Waals surface area contributed by atoms with Crippen molar-refractivity contribution in [2.24, 2.45) is 0 Å². The number of rotatable bonds is 6. The molecule has 0 bridgehead atoms. The van der Waals surface area contributed by atoms with E-state index in [0.717, 1.165) is 12.8 Å². The Morgan fingerprint density at radius 1 is 0.769 bits per heavy atom. The van der Waals surface area contributed by atoms with Gasteiger partial charge in [-0.05, 0) is 23.3 Å². The monoisotopic (exact) mass is 552 g/mol. The molecular weight excluding hydrogens is 525 g/mol. The molecule has 2 heterocycles. The molecule has 0 N–H and O–H groups in total. The van der Waals surface area contributed by atoms with Gasteiger partial charge in [-0.1, -0.05) is 72.8 Å². The number of benzene rings is 3. The number of piperazine rings is 1. The van der Waals surface area contributed by atoms with E-state index in [-0.39, 0.29) is 16.4 Å². The van der Waals surface area contributed by atoms with Crippen LogP contribution < -0.4 is 4.90 Å². The molecule has 1 aliphatic rings. The van der Waals surface area contributed by atoms with Gasteiger partial charge >= 0.3 is 6.18 Å². The van der Waals surface area contributed by atoms with Crippen molar-refractivity contribution < 1.29 is 21.6 Å². The van der Waals surface area contributed by atoms with E-state index in [1.807, 2.05) is 53.4 Å². The Kier molecular flexibility index (Phi) is 7.42. The second-order valence-electron chi connectivity index (χ2n) is 9.50. The summed E-state index contributed by atoms with van der Waals surface area (Å²) in [4.78, 5) is 12.3. The van der Waals surface area contributed by atoms with E-state index in [1.54, 1.807) is 0 Å². The second kappa shape index (κ2) is 10.8. The Morgan fingerprint density at radius 3 is 1.92 bits per heavy atom. The first-order chi connectivity index (χ1) is 18.6. The summed E-state index contributed by atoms with van der Waals surface area (Å²) in [6.07, 6.45) is -3.68. The maximum Gasteiger partial charge on any atom is 0.451 e. The van der Waals surface area contributed by atoms with Crippen LogP contribution in [0.25, 0.3) is 22.4 Å². The molecule has 3 aromatic carbocycles. The van der Waals surface area contributed by atoms with Gasteiger partial charge in [-0.15, -0.1) is 0 Å². The van der Waals surface area contributed by atoms with Gasteiger partial charge in [0.1, 0.15) is 5.82 Å². The van der Waals surface area contributed by atoms with Crippen molar-refractivity contribution in [3.05, 3.63) is 96.3 Å². The van der Waals surface area contributed by atoms with Crippen LogP contribution in [0.1, 0.15) is 11.4 Å². The van der Waals surface area contributed by atoms with Crippen LogP contribution in [-0.4, -0.2) is 55.7 Å². The van der Waals surface area contributed by atoms with Crippen LogP contribution >= 0.6 is 0 Å². The summed E-state index contributed by atoms with van der Waals surface area (Å²) in [6, 6.07) is 24.9. The molecule has 202 valence electrons. The summed E-state index contributed by atoms with van der Waals surface area (Å²) in [5.41, 5.74) is 2.81. The van der Waals surface area contributed by atoms with E-state index in [1.165, 1.54) is 29.8 Å². The van der Waals surface area contributed by atoms with Crippen molar-refractivity contribution in [3.63, 3.8) is 0 Å². The van der Waals surface area contributed by atoms with Crippen molar-refractivity contribution in [2.75, 3.05) is 37.3 Å². The molecule has 4 aromatic rings. The molecule has 39 heavy (non-hydrogen) atoms. The van der Waals surface area contributed by atoms with Gasteiger partial charge in [0.15, 0.2) is 9.84 Å². The van der Waals surface area contributed by atoms with Gasteiger partial charge in [0.2, 0.25) is 5.82 Å².